The van der Waals surface area contributed by atoms with E-state index in [2.05, 4.69) is 81.2 Å². The topological polar surface area (TPSA) is 40.5 Å². The van der Waals surface area contributed by atoms with Crippen LogP contribution in [0.1, 0.15) is 71.6 Å². The molecule has 0 spiro atoms. The van der Waals surface area contributed by atoms with Gasteiger partial charge in [-0.2, -0.15) is 0 Å². The Labute approximate surface area is 264 Å². The molecule has 0 radical (unpaired) electrons. The molecule has 0 fully saturated rings. The first-order valence-corrected chi connectivity index (χ1v) is 16.4. The molecule has 2 N–H and O–H groups in total. The van der Waals surface area contributed by atoms with Crippen molar-refractivity contribution in [1.29, 1.82) is 0 Å². The Hall–Kier alpha value is -3.02. The number of hydrogen-bond acceptors (Lipinski definition) is 2. The Balaban J connectivity index is 1.68. The van der Waals surface area contributed by atoms with Crippen molar-refractivity contribution in [2.45, 2.75) is 50.2 Å². The van der Waals surface area contributed by atoms with Crippen molar-refractivity contribution < 1.29 is 10.2 Å². The first kappa shape index (κ1) is 27.8. The van der Waals surface area contributed by atoms with Gasteiger partial charge in [-0.25, -0.2) is 0 Å². The van der Waals surface area contributed by atoms with Crippen LogP contribution in [0.4, 0.5) is 0 Å². The molecule has 0 saturated heterocycles. The number of aliphatic hydroxyl groups is 2. The van der Waals surface area contributed by atoms with Crippen LogP contribution in [0.25, 0.3) is 22.3 Å². The molecule has 3 aliphatic rings. The molecule has 3 aliphatic carbocycles. The lowest BCUT2D eigenvalue weighted by atomic mass is 9.53. The van der Waals surface area contributed by atoms with E-state index in [-0.39, 0.29) is 0 Å². The highest BCUT2D eigenvalue weighted by atomic mass is 79.9. The fraction of sp³-hybridized carbons (Fsp3) is 0.211. The average Bonchev–Trinajstić information content (AvgIpc) is 3.01. The van der Waals surface area contributed by atoms with Crippen LogP contribution in [0.15, 0.2) is 112 Å². The summed E-state index contributed by atoms with van der Waals surface area (Å²) in [5, 5.41) is 26.9. The summed E-state index contributed by atoms with van der Waals surface area (Å²) < 4.78 is 1.56. The molecule has 2 atom stereocenters. The summed E-state index contributed by atoms with van der Waals surface area (Å²) in [6.07, 6.45) is 5.48. The van der Waals surface area contributed by atoms with Gasteiger partial charge in [0.1, 0.15) is 11.2 Å². The first-order valence-electron chi connectivity index (χ1n) is 14.8. The lowest BCUT2D eigenvalue weighted by molar-refractivity contribution is 0.0490. The molecule has 0 saturated carbocycles. The van der Waals surface area contributed by atoms with Crippen molar-refractivity contribution in [3.8, 4) is 22.3 Å². The summed E-state index contributed by atoms with van der Waals surface area (Å²) in [6.45, 7) is 2.24. The largest absolute Gasteiger partial charge is 0.376 e. The summed E-state index contributed by atoms with van der Waals surface area (Å²) in [5.41, 5.74) is 6.65. The third kappa shape index (κ3) is 3.89. The maximum absolute atomic E-state index is 13.5. The molecule has 42 heavy (non-hydrogen) atoms. The molecule has 0 heterocycles. The predicted octanol–water partition coefficient (Wildman–Crippen LogP) is 9.86. The monoisotopic (exact) mass is 678 g/mol. The summed E-state index contributed by atoms with van der Waals surface area (Å²) in [5.74, 6) is 0. The van der Waals surface area contributed by atoms with Crippen LogP contribution in [0.3, 0.4) is 0 Å². The summed E-state index contributed by atoms with van der Waals surface area (Å²) in [6, 6.07) is 34.8. The van der Waals surface area contributed by atoms with Crippen molar-refractivity contribution in [2.24, 2.45) is 0 Å². The molecule has 0 aliphatic heterocycles. The zero-order valence-electron chi connectivity index (χ0n) is 23.5. The van der Waals surface area contributed by atoms with Crippen molar-refractivity contribution in [1.82, 2.24) is 0 Å². The fourth-order valence-electron chi connectivity index (χ4n) is 7.37. The van der Waals surface area contributed by atoms with Gasteiger partial charge in [-0.1, -0.05) is 149 Å². The first-order chi connectivity index (χ1) is 20.4. The van der Waals surface area contributed by atoms with Crippen LogP contribution >= 0.6 is 31.9 Å². The Kier molecular flexibility index (Phi) is 7.02. The Morgan fingerprint density at radius 2 is 1.12 bits per heavy atom. The highest BCUT2D eigenvalue weighted by Crippen LogP contribution is 2.66. The fourth-order valence-corrected chi connectivity index (χ4v) is 8.68. The zero-order chi connectivity index (χ0) is 29.1. The molecule has 0 amide bonds. The summed E-state index contributed by atoms with van der Waals surface area (Å²) in [7, 11) is 0. The Morgan fingerprint density at radius 1 is 0.571 bits per heavy atom. The van der Waals surface area contributed by atoms with Gasteiger partial charge >= 0.3 is 0 Å². The van der Waals surface area contributed by atoms with Gasteiger partial charge in [-0.05, 0) is 52.8 Å². The van der Waals surface area contributed by atoms with E-state index in [0.717, 1.165) is 61.6 Å². The second kappa shape index (κ2) is 10.6. The second-order valence-electron chi connectivity index (χ2n) is 11.5. The predicted molar refractivity (Wildman–Crippen MR) is 178 cm³/mol. The number of rotatable bonds is 7. The molecule has 8 rings (SSSR count). The van der Waals surface area contributed by atoms with E-state index in [1.807, 2.05) is 60.7 Å². The number of hydrogen-bond donors (Lipinski definition) is 2. The molecule has 2 nitrogen and oxygen atoms in total. The Bertz CT molecular complexity index is 1820. The average molecular weight is 680 g/mol. The van der Waals surface area contributed by atoms with E-state index >= 15 is 0 Å². The maximum Gasteiger partial charge on any atom is 0.143 e. The van der Waals surface area contributed by atoms with Gasteiger partial charge in [-0.3, -0.25) is 0 Å². The third-order valence-corrected chi connectivity index (χ3v) is 10.4. The van der Waals surface area contributed by atoms with Crippen molar-refractivity contribution >= 4 is 31.9 Å². The van der Waals surface area contributed by atoms with Crippen molar-refractivity contribution in [2.75, 3.05) is 0 Å². The van der Waals surface area contributed by atoms with E-state index < -0.39 is 11.2 Å². The minimum atomic E-state index is -1.50. The van der Waals surface area contributed by atoms with Gasteiger partial charge in [0.15, 0.2) is 0 Å². The normalized spacial score (nSPS) is 19.7. The highest BCUT2D eigenvalue weighted by molar-refractivity contribution is 9.10. The number of benzene rings is 5. The van der Waals surface area contributed by atoms with E-state index in [9.17, 15) is 10.2 Å². The minimum absolute atomic E-state index is 0.706. The molecule has 4 heteroatoms. The number of halogens is 2. The van der Waals surface area contributed by atoms with Crippen molar-refractivity contribution in [3.05, 3.63) is 151 Å². The Morgan fingerprint density at radius 3 is 1.69 bits per heavy atom. The van der Waals surface area contributed by atoms with Crippen LogP contribution < -0.4 is 0 Å². The lowest BCUT2D eigenvalue weighted by Crippen LogP contribution is -2.52. The molecule has 2 unspecified atom stereocenters. The molecule has 5 aromatic rings. The quantitative estimate of drug-likeness (QED) is 0.168. The minimum Gasteiger partial charge on any atom is -0.376 e. The van der Waals surface area contributed by atoms with E-state index in [1.165, 1.54) is 18.4 Å². The SMILES string of the molecule is CCCCCCc1cc(-c2ccccc2)c2c(c1-c1ccccc1)C1(O)c3cccc(Br)c3C2(O)c2cccc(Br)c21. The van der Waals surface area contributed by atoms with E-state index in [1.54, 1.807) is 0 Å². The molecule has 2 bridgehead atoms. The highest BCUT2D eigenvalue weighted by Gasteiger charge is 2.61. The molecular formula is C38H32Br2O2. The van der Waals surface area contributed by atoms with Crippen LogP contribution in [0, 0.1) is 0 Å². The number of unbranched alkanes of at least 4 members (excludes halogenated alkanes) is 3. The van der Waals surface area contributed by atoms with Crippen LogP contribution in [-0.2, 0) is 17.6 Å². The van der Waals surface area contributed by atoms with Gasteiger partial charge in [0.25, 0.3) is 0 Å². The van der Waals surface area contributed by atoms with Gasteiger partial charge in [-0.15, -0.1) is 0 Å². The third-order valence-electron chi connectivity index (χ3n) is 9.11. The van der Waals surface area contributed by atoms with Crippen LogP contribution in [0.5, 0.6) is 0 Å². The summed E-state index contributed by atoms with van der Waals surface area (Å²) >= 11 is 7.59. The van der Waals surface area contributed by atoms with Gasteiger partial charge in [0.2, 0.25) is 0 Å². The molecule has 5 aromatic carbocycles. The maximum atomic E-state index is 13.5. The van der Waals surface area contributed by atoms with E-state index in [4.69, 9.17) is 0 Å². The van der Waals surface area contributed by atoms with Crippen LogP contribution in [-0.4, -0.2) is 10.2 Å². The molecule has 0 aromatic heterocycles. The molecule has 210 valence electrons. The van der Waals surface area contributed by atoms with E-state index in [0.29, 0.717) is 22.3 Å². The lowest BCUT2D eigenvalue weighted by Gasteiger charge is -2.54. The van der Waals surface area contributed by atoms with Gasteiger partial charge < -0.3 is 10.2 Å². The van der Waals surface area contributed by atoms with Crippen LogP contribution in [0.2, 0.25) is 0 Å². The van der Waals surface area contributed by atoms with Crippen molar-refractivity contribution in [3.63, 3.8) is 0 Å². The zero-order valence-corrected chi connectivity index (χ0v) is 26.7. The second-order valence-corrected chi connectivity index (χ2v) is 13.2. The number of aryl methyl sites for hydroxylation is 1. The van der Waals surface area contributed by atoms with Gasteiger partial charge in [0.05, 0.1) is 0 Å². The standard InChI is InChI=1S/C38H32Br2O2/c1-2-3-4-7-18-26-23-27(24-14-8-5-9-15-24)33-36(32(26)25-16-10-6-11-17-25)38(42)29-20-13-21-30(39)34(29)37(33,41)28-19-12-22-31(40)35(28)38/h5-6,8-17,19-23,41-42H,2-4,7,18H2,1H3. The molecular weight excluding hydrogens is 648 g/mol. The van der Waals surface area contributed by atoms with Gasteiger partial charge in [0, 0.05) is 42.3 Å². The smallest absolute Gasteiger partial charge is 0.143 e. The summed E-state index contributed by atoms with van der Waals surface area (Å²) in [4.78, 5) is 0.